The SMILES string of the molecule is COC(=O)c1sc(N2C(=O)C(=O)C(=C(O)c3ccc4c(c3)OCCO4)[C@H]2c2ccc(C(C)C)cc2)nc1C. The molecule has 1 aromatic heterocycles. The molecule has 3 heterocycles. The van der Waals surface area contributed by atoms with E-state index in [-0.39, 0.29) is 27.3 Å². The molecule has 0 spiro atoms. The Labute approximate surface area is 223 Å². The first-order chi connectivity index (χ1) is 18.2. The summed E-state index contributed by atoms with van der Waals surface area (Å²) in [5.41, 5.74) is 2.29. The van der Waals surface area contributed by atoms with Gasteiger partial charge >= 0.3 is 11.9 Å². The van der Waals surface area contributed by atoms with Gasteiger partial charge in [0.15, 0.2) is 16.6 Å². The molecule has 0 aliphatic carbocycles. The average Bonchev–Trinajstić information content (AvgIpc) is 3.43. The van der Waals surface area contributed by atoms with Gasteiger partial charge in [-0.3, -0.25) is 14.5 Å². The topological polar surface area (TPSA) is 115 Å². The number of fused-ring (bicyclic) bond motifs is 1. The summed E-state index contributed by atoms with van der Waals surface area (Å²) in [6.07, 6.45) is 0. The van der Waals surface area contributed by atoms with Crippen molar-refractivity contribution >= 4 is 39.9 Å². The molecule has 2 aliphatic rings. The number of benzene rings is 2. The minimum absolute atomic E-state index is 0.0866. The van der Waals surface area contributed by atoms with Gasteiger partial charge in [0.05, 0.1) is 24.4 Å². The number of carbonyl (C=O) groups excluding carboxylic acids is 3. The summed E-state index contributed by atoms with van der Waals surface area (Å²) in [4.78, 5) is 45.0. The quantitative estimate of drug-likeness (QED) is 0.216. The van der Waals surface area contributed by atoms with Crippen LogP contribution in [0.15, 0.2) is 48.0 Å². The Morgan fingerprint density at radius 1 is 1.11 bits per heavy atom. The van der Waals surface area contributed by atoms with E-state index >= 15 is 0 Å². The molecule has 196 valence electrons. The molecule has 0 bridgehead atoms. The zero-order chi connectivity index (χ0) is 27.1. The number of hydrogen-bond donors (Lipinski definition) is 1. The normalized spacial score (nSPS) is 18.2. The maximum Gasteiger partial charge on any atom is 0.350 e. The first-order valence-electron chi connectivity index (χ1n) is 12.1. The summed E-state index contributed by atoms with van der Waals surface area (Å²) in [5.74, 6) is -1.40. The van der Waals surface area contributed by atoms with E-state index < -0.39 is 23.7 Å². The van der Waals surface area contributed by atoms with E-state index in [0.29, 0.717) is 41.5 Å². The Hall–Kier alpha value is -4.18. The van der Waals surface area contributed by atoms with Crippen LogP contribution in [0, 0.1) is 6.92 Å². The maximum absolute atomic E-state index is 13.5. The van der Waals surface area contributed by atoms with E-state index in [4.69, 9.17) is 14.2 Å². The van der Waals surface area contributed by atoms with Gasteiger partial charge in [0.2, 0.25) is 0 Å². The van der Waals surface area contributed by atoms with Crippen molar-refractivity contribution in [1.29, 1.82) is 0 Å². The third-order valence-electron chi connectivity index (χ3n) is 6.54. The number of thiazole rings is 1. The van der Waals surface area contributed by atoms with E-state index in [1.165, 1.54) is 12.0 Å². The Balaban J connectivity index is 1.68. The highest BCUT2D eigenvalue weighted by molar-refractivity contribution is 7.17. The lowest BCUT2D eigenvalue weighted by molar-refractivity contribution is -0.132. The van der Waals surface area contributed by atoms with Gasteiger partial charge in [-0.25, -0.2) is 9.78 Å². The second-order valence-electron chi connectivity index (χ2n) is 9.25. The molecule has 9 nitrogen and oxygen atoms in total. The van der Waals surface area contributed by atoms with Crippen LogP contribution in [0.25, 0.3) is 5.76 Å². The molecule has 2 aliphatic heterocycles. The molecule has 1 fully saturated rings. The van der Waals surface area contributed by atoms with E-state index in [1.54, 1.807) is 25.1 Å². The molecule has 1 atom stereocenters. The minimum Gasteiger partial charge on any atom is -0.507 e. The largest absolute Gasteiger partial charge is 0.507 e. The second-order valence-corrected chi connectivity index (χ2v) is 10.2. The molecule has 38 heavy (non-hydrogen) atoms. The number of aliphatic hydroxyl groups is 1. The van der Waals surface area contributed by atoms with Crippen molar-refractivity contribution in [3.05, 3.63) is 75.3 Å². The highest BCUT2D eigenvalue weighted by atomic mass is 32.1. The van der Waals surface area contributed by atoms with Crippen LogP contribution in [0.1, 0.15) is 57.9 Å². The van der Waals surface area contributed by atoms with Crippen LogP contribution in [0.5, 0.6) is 11.5 Å². The van der Waals surface area contributed by atoms with Crippen molar-refractivity contribution in [1.82, 2.24) is 4.98 Å². The van der Waals surface area contributed by atoms with Gasteiger partial charge in [-0.15, -0.1) is 0 Å². The zero-order valence-corrected chi connectivity index (χ0v) is 22.1. The van der Waals surface area contributed by atoms with Crippen molar-refractivity contribution in [2.75, 3.05) is 25.2 Å². The number of ketones is 1. The summed E-state index contributed by atoms with van der Waals surface area (Å²) >= 11 is 0.956. The summed E-state index contributed by atoms with van der Waals surface area (Å²) in [5, 5.41) is 11.6. The van der Waals surface area contributed by atoms with Crippen LogP contribution in [0.3, 0.4) is 0 Å². The fourth-order valence-electron chi connectivity index (χ4n) is 4.52. The van der Waals surface area contributed by atoms with E-state index in [0.717, 1.165) is 16.9 Å². The van der Waals surface area contributed by atoms with E-state index in [2.05, 4.69) is 18.8 Å². The lowest BCUT2D eigenvalue weighted by Gasteiger charge is -2.24. The number of esters is 1. The highest BCUT2D eigenvalue weighted by Crippen LogP contribution is 2.45. The monoisotopic (exact) mass is 534 g/mol. The van der Waals surface area contributed by atoms with Crippen LogP contribution >= 0.6 is 11.3 Å². The van der Waals surface area contributed by atoms with E-state index in [1.807, 2.05) is 24.3 Å². The molecule has 3 aromatic rings. The number of hydrogen-bond acceptors (Lipinski definition) is 9. The van der Waals surface area contributed by atoms with Crippen LogP contribution < -0.4 is 14.4 Å². The number of methoxy groups -OCH3 is 1. The Bertz CT molecular complexity index is 1470. The average molecular weight is 535 g/mol. The van der Waals surface area contributed by atoms with Crippen LogP contribution in [0.2, 0.25) is 0 Å². The molecule has 1 N–H and O–H groups in total. The molecule has 0 saturated carbocycles. The lowest BCUT2D eigenvalue weighted by Crippen LogP contribution is -2.29. The first kappa shape index (κ1) is 25.5. The summed E-state index contributed by atoms with van der Waals surface area (Å²) < 4.78 is 16.0. The number of carbonyl (C=O) groups is 3. The van der Waals surface area contributed by atoms with Gasteiger partial charge in [-0.05, 0) is 42.2 Å². The number of aliphatic hydroxyl groups excluding tert-OH is 1. The van der Waals surface area contributed by atoms with Crippen molar-refractivity contribution in [2.45, 2.75) is 32.7 Å². The molecule has 1 amide bonds. The smallest absolute Gasteiger partial charge is 0.350 e. The Kier molecular flexibility index (Phi) is 6.66. The number of rotatable bonds is 5. The summed E-state index contributed by atoms with van der Waals surface area (Å²) in [6.45, 7) is 6.53. The molecule has 2 aromatic carbocycles. The van der Waals surface area contributed by atoms with Crippen molar-refractivity contribution in [2.24, 2.45) is 0 Å². The molecule has 0 radical (unpaired) electrons. The van der Waals surface area contributed by atoms with Gasteiger partial charge in [-0.2, -0.15) is 0 Å². The molecular weight excluding hydrogens is 508 g/mol. The van der Waals surface area contributed by atoms with Gasteiger partial charge in [0, 0.05) is 5.56 Å². The molecule has 1 saturated heterocycles. The van der Waals surface area contributed by atoms with E-state index in [9.17, 15) is 19.5 Å². The van der Waals surface area contributed by atoms with Gasteiger partial charge in [0.1, 0.15) is 23.9 Å². The number of anilines is 1. The van der Waals surface area contributed by atoms with Gasteiger partial charge in [-0.1, -0.05) is 49.4 Å². The predicted molar refractivity (Wildman–Crippen MR) is 141 cm³/mol. The van der Waals surface area contributed by atoms with Crippen molar-refractivity contribution in [3.63, 3.8) is 0 Å². The Morgan fingerprint density at radius 3 is 2.45 bits per heavy atom. The number of aryl methyl sites for hydroxylation is 1. The first-order valence-corrected chi connectivity index (χ1v) is 12.9. The summed E-state index contributed by atoms with van der Waals surface area (Å²) in [7, 11) is 1.26. The molecular formula is C28H26N2O7S. The fraction of sp³-hybridized carbons (Fsp3) is 0.286. The third-order valence-corrected chi connectivity index (χ3v) is 7.68. The van der Waals surface area contributed by atoms with Crippen LogP contribution in [-0.2, 0) is 14.3 Å². The predicted octanol–water partition coefficient (Wildman–Crippen LogP) is 4.76. The molecule has 10 heteroatoms. The zero-order valence-electron chi connectivity index (χ0n) is 21.3. The maximum atomic E-state index is 13.5. The van der Waals surface area contributed by atoms with Crippen LogP contribution in [0.4, 0.5) is 5.13 Å². The van der Waals surface area contributed by atoms with Gasteiger partial charge in [0.25, 0.3) is 5.78 Å². The van der Waals surface area contributed by atoms with Crippen molar-refractivity contribution < 1.29 is 33.7 Å². The number of Topliss-reactive ketones (excluding diaryl/α,β-unsaturated/α-hetero) is 1. The molecule has 5 rings (SSSR count). The number of aromatic nitrogens is 1. The number of amides is 1. The van der Waals surface area contributed by atoms with Crippen LogP contribution in [-0.4, -0.2) is 48.1 Å². The molecule has 0 unspecified atom stereocenters. The second kappa shape index (κ2) is 9.94. The minimum atomic E-state index is -0.972. The highest BCUT2D eigenvalue weighted by Gasteiger charge is 2.48. The Morgan fingerprint density at radius 2 is 1.79 bits per heavy atom. The summed E-state index contributed by atoms with van der Waals surface area (Å²) in [6, 6.07) is 11.4. The van der Waals surface area contributed by atoms with Gasteiger partial charge < -0.3 is 19.3 Å². The van der Waals surface area contributed by atoms with Crippen molar-refractivity contribution in [3.8, 4) is 11.5 Å². The number of ether oxygens (including phenoxy) is 3. The third kappa shape index (κ3) is 4.30. The number of nitrogens with zero attached hydrogens (tertiary/aromatic N) is 2. The standard InChI is InChI=1S/C28H26N2O7S/c1-14(2)16-5-7-17(8-6-16)22-21(23(31)18-9-10-19-20(13-18)37-12-11-36-19)24(32)26(33)30(22)28-29-15(3)25(38-28)27(34)35-4/h5-10,13-14,22,31H,11-12H2,1-4H3/t22-/m1/s1. The fourth-order valence-corrected chi connectivity index (χ4v) is 5.53. The lowest BCUT2D eigenvalue weighted by atomic mass is 9.93.